The summed E-state index contributed by atoms with van der Waals surface area (Å²) in [6.45, 7) is 1.49. The molecule has 2 nitrogen and oxygen atoms in total. The summed E-state index contributed by atoms with van der Waals surface area (Å²) in [7, 11) is -3.73. The lowest BCUT2D eigenvalue weighted by molar-refractivity contribution is 0.592. The van der Waals surface area contributed by atoms with E-state index in [1.165, 1.54) is 31.2 Å². The first-order chi connectivity index (χ1) is 8.41. The molecule has 0 saturated carbocycles. The summed E-state index contributed by atoms with van der Waals surface area (Å²) in [5.41, 5.74) is 0.248. The molecule has 2 rings (SSSR count). The van der Waals surface area contributed by atoms with E-state index in [1.807, 2.05) is 0 Å². The zero-order chi connectivity index (χ0) is 13.3. The predicted octanol–water partition coefficient (Wildman–Crippen LogP) is 3.11. The molecule has 18 heavy (non-hydrogen) atoms. The molecule has 0 radical (unpaired) electrons. The monoisotopic (exact) mass is 268 g/mol. The van der Waals surface area contributed by atoms with Gasteiger partial charge in [0.15, 0.2) is 0 Å². The largest absolute Gasteiger partial charge is 0.219 e. The Kier molecular flexibility index (Phi) is 3.17. The Morgan fingerprint density at radius 2 is 1.44 bits per heavy atom. The number of halogens is 2. The van der Waals surface area contributed by atoms with Crippen LogP contribution >= 0.6 is 0 Å². The first-order valence-electron chi connectivity index (χ1n) is 5.18. The highest BCUT2D eigenvalue weighted by molar-refractivity contribution is 7.91. The van der Waals surface area contributed by atoms with Crippen LogP contribution in [0, 0.1) is 18.6 Å². The zero-order valence-corrected chi connectivity index (χ0v) is 10.3. The molecule has 0 aliphatic heterocycles. The Morgan fingerprint density at radius 3 is 2.00 bits per heavy atom. The van der Waals surface area contributed by atoms with Crippen molar-refractivity contribution in [3.63, 3.8) is 0 Å². The number of hydrogen-bond acceptors (Lipinski definition) is 2. The molecule has 0 saturated heterocycles. The number of sulfone groups is 1. The second kappa shape index (κ2) is 4.49. The highest BCUT2D eigenvalue weighted by Crippen LogP contribution is 2.22. The summed E-state index contributed by atoms with van der Waals surface area (Å²) in [5.74, 6) is -0.975. The lowest BCUT2D eigenvalue weighted by Crippen LogP contribution is -2.03. The van der Waals surface area contributed by atoms with Gasteiger partial charge < -0.3 is 0 Å². The van der Waals surface area contributed by atoms with Gasteiger partial charge in [0.2, 0.25) is 9.84 Å². The molecule has 94 valence electrons. The van der Waals surface area contributed by atoms with Gasteiger partial charge in [0.1, 0.15) is 11.6 Å². The van der Waals surface area contributed by atoms with Crippen LogP contribution in [0.25, 0.3) is 0 Å². The van der Waals surface area contributed by atoms with Gasteiger partial charge in [-0.3, -0.25) is 0 Å². The van der Waals surface area contributed by atoms with Crippen molar-refractivity contribution >= 4 is 9.84 Å². The quantitative estimate of drug-likeness (QED) is 0.784. The van der Waals surface area contributed by atoms with E-state index in [9.17, 15) is 17.2 Å². The number of benzene rings is 2. The molecule has 0 unspecified atom stereocenters. The summed E-state index contributed by atoms with van der Waals surface area (Å²) in [4.78, 5) is -0.0251. The average Bonchev–Trinajstić information content (AvgIpc) is 2.33. The molecule has 2 aromatic rings. The van der Waals surface area contributed by atoms with Crippen LogP contribution in [-0.2, 0) is 9.84 Å². The van der Waals surface area contributed by atoms with Gasteiger partial charge in [-0.05, 0) is 55.0 Å². The Morgan fingerprint density at radius 1 is 0.889 bits per heavy atom. The van der Waals surface area contributed by atoms with E-state index in [2.05, 4.69) is 0 Å². The summed E-state index contributed by atoms with van der Waals surface area (Å²) < 4.78 is 50.2. The Labute approximate surface area is 104 Å². The van der Waals surface area contributed by atoms with E-state index in [-0.39, 0.29) is 15.4 Å². The molecular formula is C13H10F2O2S. The minimum absolute atomic E-state index is 0.00647. The van der Waals surface area contributed by atoms with Crippen molar-refractivity contribution in [3.8, 4) is 0 Å². The van der Waals surface area contributed by atoms with E-state index >= 15 is 0 Å². The molecule has 0 spiro atoms. The minimum atomic E-state index is -3.73. The lowest BCUT2D eigenvalue weighted by atomic mass is 10.2. The third-order valence-corrected chi connectivity index (χ3v) is 4.33. The van der Waals surface area contributed by atoms with Crippen molar-refractivity contribution in [1.29, 1.82) is 0 Å². The van der Waals surface area contributed by atoms with E-state index in [0.717, 1.165) is 18.2 Å². The van der Waals surface area contributed by atoms with Crippen LogP contribution in [0.1, 0.15) is 5.56 Å². The van der Waals surface area contributed by atoms with E-state index in [1.54, 1.807) is 0 Å². The first-order valence-corrected chi connectivity index (χ1v) is 6.66. The fraction of sp³-hybridized carbons (Fsp3) is 0.0769. The van der Waals surface area contributed by atoms with Gasteiger partial charge in [-0.1, -0.05) is 0 Å². The molecule has 0 aromatic heterocycles. The van der Waals surface area contributed by atoms with Gasteiger partial charge in [0.05, 0.1) is 9.79 Å². The highest BCUT2D eigenvalue weighted by atomic mass is 32.2. The van der Waals surface area contributed by atoms with Crippen LogP contribution in [0.2, 0.25) is 0 Å². The maximum atomic E-state index is 13.1. The summed E-state index contributed by atoms with van der Waals surface area (Å²) in [6, 6.07) is 8.07. The summed E-state index contributed by atoms with van der Waals surface area (Å²) >= 11 is 0. The maximum absolute atomic E-state index is 13.1. The Bertz CT molecular complexity index is 677. The van der Waals surface area contributed by atoms with Crippen LogP contribution in [0.3, 0.4) is 0 Å². The van der Waals surface area contributed by atoms with Crippen molar-refractivity contribution in [2.45, 2.75) is 16.7 Å². The molecule has 0 fully saturated rings. The molecular weight excluding hydrogens is 258 g/mol. The number of hydrogen-bond donors (Lipinski definition) is 0. The molecule has 0 amide bonds. The SMILES string of the molecule is Cc1cc(S(=O)(=O)c2ccc(F)cc2)ccc1F. The average molecular weight is 268 g/mol. The van der Waals surface area contributed by atoms with E-state index < -0.39 is 21.5 Å². The van der Waals surface area contributed by atoms with Gasteiger partial charge in [-0.15, -0.1) is 0 Å². The third kappa shape index (κ3) is 2.26. The van der Waals surface area contributed by atoms with Crippen molar-refractivity contribution in [1.82, 2.24) is 0 Å². The predicted molar refractivity (Wildman–Crippen MR) is 63.0 cm³/mol. The zero-order valence-electron chi connectivity index (χ0n) is 9.52. The minimum Gasteiger partial charge on any atom is -0.219 e. The topological polar surface area (TPSA) is 34.1 Å². The molecule has 0 aliphatic rings. The molecule has 5 heteroatoms. The fourth-order valence-corrected chi connectivity index (χ4v) is 2.88. The molecule has 2 aromatic carbocycles. The van der Waals surface area contributed by atoms with Crippen LogP contribution in [-0.4, -0.2) is 8.42 Å². The van der Waals surface area contributed by atoms with Gasteiger partial charge in [-0.25, -0.2) is 17.2 Å². The summed E-state index contributed by atoms with van der Waals surface area (Å²) in [5, 5.41) is 0. The van der Waals surface area contributed by atoms with Gasteiger partial charge in [0, 0.05) is 0 Å². The fourth-order valence-electron chi connectivity index (χ4n) is 1.53. The molecule has 0 bridgehead atoms. The van der Waals surface area contributed by atoms with Crippen LogP contribution in [0.15, 0.2) is 52.3 Å². The second-order valence-corrected chi connectivity index (χ2v) is 5.82. The maximum Gasteiger partial charge on any atom is 0.206 e. The molecule has 0 N–H and O–H groups in total. The van der Waals surface area contributed by atoms with Crippen molar-refractivity contribution in [3.05, 3.63) is 59.7 Å². The molecule has 0 aliphatic carbocycles. The third-order valence-electron chi connectivity index (χ3n) is 2.56. The van der Waals surface area contributed by atoms with Crippen molar-refractivity contribution in [2.24, 2.45) is 0 Å². The number of rotatable bonds is 2. The van der Waals surface area contributed by atoms with Crippen LogP contribution in [0.5, 0.6) is 0 Å². The Hall–Kier alpha value is -1.75. The standard InChI is InChI=1S/C13H10F2O2S/c1-9-8-12(6-7-13(9)15)18(16,17)11-4-2-10(14)3-5-11/h2-8H,1H3. The van der Waals surface area contributed by atoms with Gasteiger partial charge in [-0.2, -0.15) is 0 Å². The Balaban J connectivity index is 2.54. The normalized spacial score (nSPS) is 11.5. The van der Waals surface area contributed by atoms with Crippen molar-refractivity contribution < 1.29 is 17.2 Å². The molecule has 0 heterocycles. The lowest BCUT2D eigenvalue weighted by Gasteiger charge is -2.06. The van der Waals surface area contributed by atoms with E-state index in [4.69, 9.17) is 0 Å². The first kappa shape index (κ1) is 12.7. The van der Waals surface area contributed by atoms with Gasteiger partial charge in [0.25, 0.3) is 0 Å². The second-order valence-electron chi connectivity index (χ2n) is 3.87. The van der Waals surface area contributed by atoms with Crippen LogP contribution in [0.4, 0.5) is 8.78 Å². The van der Waals surface area contributed by atoms with Crippen molar-refractivity contribution in [2.75, 3.05) is 0 Å². The van der Waals surface area contributed by atoms with Crippen LogP contribution < -0.4 is 0 Å². The summed E-state index contributed by atoms with van der Waals surface area (Å²) in [6.07, 6.45) is 0. The van der Waals surface area contributed by atoms with Gasteiger partial charge >= 0.3 is 0 Å². The smallest absolute Gasteiger partial charge is 0.206 e. The molecule has 0 atom stereocenters. The highest BCUT2D eigenvalue weighted by Gasteiger charge is 2.18. The van der Waals surface area contributed by atoms with E-state index in [0.29, 0.717) is 0 Å². The number of aryl methyl sites for hydroxylation is 1.